The molecule has 0 unspecified atom stereocenters. The average molecular weight is 375 g/mol. The third-order valence-corrected chi connectivity index (χ3v) is 4.94. The molecule has 23 heavy (non-hydrogen) atoms. The molecule has 0 aliphatic heterocycles. The maximum absolute atomic E-state index is 13.3. The van der Waals surface area contributed by atoms with Crippen LogP contribution < -0.4 is 4.72 Å². The molecule has 1 atom stereocenters. The van der Waals surface area contributed by atoms with Gasteiger partial charge in [-0.05, 0) is 17.7 Å². The van der Waals surface area contributed by atoms with Crippen LogP contribution in [0.1, 0.15) is 18.5 Å². The Labute approximate surface area is 138 Å². The lowest BCUT2D eigenvalue weighted by molar-refractivity contribution is -0.153. The third-order valence-electron chi connectivity index (χ3n) is 3.03. The van der Waals surface area contributed by atoms with E-state index in [2.05, 4.69) is 0 Å². The van der Waals surface area contributed by atoms with Crippen LogP contribution in [-0.2, 0) is 14.9 Å². The summed E-state index contributed by atoms with van der Waals surface area (Å²) in [6, 6.07) is 2.45. The largest absolute Gasteiger partial charge is 0.408 e. The summed E-state index contributed by atoms with van der Waals surface area (Å²) in [5.41, 5.74) is -0.242. The van der Waals surface area contributed by atoms with Crippen molar-refractivity contribution < 1.29 is 26.3 Å². The molecule has 0 radical (unpaired) electrons. The predicted molar refractivity (Wildman–Crippen MR) is 81.4 cm³/mol. The van der Waals surface area contributed by atoms with Gasteiger partial charge in [0.2, 0.25) is 0 Å². The second-order valence-corrected chi connectivity index (χ2v) is 6.77. The average Bonchev–Trinajstić information content (AvgIpc) is 2.45. The summed E-state index contributed by atoms with van der Waals surface area (Å²) >= 11 is 5.65. The monoisotopic (exact) mass is 374 g/mol. The molecule has 1 N–H and O–H groups in total. The number of nitrogens with zero attached hydrogens (tertiary/aromatic N) is 1. The van der Waals surface area contributed by atoms with E-state index < -0.39 is 22.4 Å². The predicted octanol–water partition coefficient (Wildman–Crippen LogP) is 2.75. The number of halogens is 4. The number of benzene rings is 1. The van der Waals surface area contributed by atoms with Gasteiger partial charge in [-0.2, -0.15) is 30.6 Å². The smallest absolute Gasteiger partial charge is 0.383 e. The molecular weight excluding hydrogens is 357 g/mol. The fraction of sp³-hybridized carbons (Fsp3) is 0.538. The lowest BCUT2D eigenvalue weighted by atomic mass is 10.1. The van der Waals surface area contributed by atoms with Crippen molar-refractivity contribution in [3.8, 4) is 0 Å². The van der Waals surface area contributed by atoms with Crippen LogP contribution >= 0.6 is 11.6 Å². The molecule has 132 valence electrons. The van der Waals surface area contributed by atoms with Crippen LogP contribution in [0, 0.1) is 0 Å². The number of nitrogens with one attached hydrogen (secondary N) is 1. The quantitative estimate of drug-likeness (QED) is 0.761. The molecule has 1 aromatic rings. The zero-order valence-electron chi connectivity index (χ0n) is 12.6. The number of ether oxygens (including phenoxy) is 1. The maximum Gasteiger partial charge on any atom is 0.408 e. The van der Waals surface area contributed by atoms with Crippen LogP contribution in [0.2, 0.25) is 5.02 Å². The summed E-state index contributed by atoms with van der Waals surface area (Å²) in [6.07, 6.45) is -4.79. The second-order valence-electron chi connectivity index (χ2n) is 4.63. The molecule has 10 heteroatoms. The van der Waals surface area contributed by atoms with Gasteiger partial charge in [-0.25, -0.2) is 0 Å². The molecular formula is C13H18ClF3N2O3S. The van der Waals surface area contributed by atoms with Gasteiger partial charge >= 0.3 is 6.18 Å². The highest BCUT2D eigenvalue weighted by atomic mass is 35.5. The highest BCUT2D eigenvalue weighted by molar-refractivity contribution is 7.87. The molecule has 0 bridgehead atoms. The van der Waals surface area contributed by atoms with E-state index in [0.717, 1.165) is 16.4 Å². The van der Waals surface area contributed by atoms with Gasteiger partial charge in [0, 0.05) is 25.2 Å². The molecule has 0 aromatic heterocycles. The van der Waals surface area contributed by atoms with E-state index in [4.69, 9.17) is 16.3 Å². The number of rotatable bonds is 8. The minimum atomic E-state index is -4.79. The lowest BCUT2D eigenvalue weighted by Crippen LogP contribution is -2.47. The molecule has 0 spiro atoms. The van der Waals surface area contributed by atoms with Gasteiger partial charge in [-0.1, -0.05) is 30.7 Å². The van der Waals surface area contributed by atoms with Gasteiger partial charge in [0.1, 0.15) is 6.04 Å². The third kappa shape index (κ3) is 5.92. The van der Waals surface area contributed by atoms with Gasteiger partial charge in [0.05, 0.1) is 6.61 Å². The van der Waals surface area contributed by atoms with E-state index in [-0.39, 0.29) is 30.3 Å². The van der Waals surface area contributed by atoms with Crippen LogP contribution in [0.25, 0.3) is 0 Å². The fourth-order valence-electron chi connectivity index (χ4n) is 1.84. The zero-order chi connectivity index (χ0) is 17.7. The molecule has 0 aliphatic carbocycles. The Kier molecular flexibility index (Phi) is 7.28. The van der Waals surface area contributed by atoms with Crippen molar-refractivity contribution in [2.45, 2.75) is 19.1 Å². The fourth-order valence-corrected chi connectivity index (χ4v) is 3.34. The van der Waals surface area contributed by atoms with Crippen LogP contribution in [0.5, 0.6) is 0 Å². The van der Waals surface area contributed by atoms with Crippen LogP contribution in [0.3, 0.4) is 0 Å². The molecule has 5 nitrogen and oxygen atoms in total. The SMILES string of the molecule is CCN(CCOC)S(=O)(=O)N[C@H](c1ccc(Cl)cc1)C(F)(F)F. The topological polar surface area (TPSA) is 58.6 Å². The van der Waals surface area contributed by atoms with E-state index in [1.165, 1.54) is 26.2 Å². The van der Waals surface area contributed by atoms with Crippen LogP contribution in [-0.4, -0.2) is 45.7 Å². The molecule has 0 amide bonds. The van der Waals surface area contributed by atoms with Crippen molar-refractivity contribution >= 4 is 21.8 Å². The molecule has 0 aliphatic rings. The summed E-state index contributed by atoms with van der Waals surface area (Å²) in [5, 5.41) is 0.257. The van der Waals surface area contributed by atoms with E-state index in [1.54, 1.807) is 4.72 Å². The van der Waals surface area contributed by atoms with Crippen molar-refractivity contribution in [1.29, 1.82) is 0 Å². The first kappa shape index (κ1) is 20.2. The number of methoxy groups -OCH3 is 1. The van der Waals surface area contributed by atoms with Gasteiger partial charge in [-0.15, -0.1) is 0 Å². The van der Waals surface area contributed by atoms with Crippen molar-refractivity contribution in [3.05, 3.63) is 34.9 Å². The van der Waals surface area contributed by atoms with Gasteiger partial charge < -0.3 is 4.74 Å². The Balaban J connectivity index is 3.07. The molecule has 1 aromatic carbocycles. The standard InChI is InChI=1S/C13H18ClF3N2O3S/c1-3-19(8-9-22-2)23(20,21)18-12(13(15,16)17)10-4-6-11(14)7-5-10/h4-7,12,18H,3,8-9H2,1-2H3/t12-/m1/s1. The molecule has 0 fully saturated rings. The zero-order valence-corrected chi connectivity index (χ0v) is 14.2. The highest BCUT2D eigenvalue weighted by Crippen LogP contribution is 2.34. The second kappa shape index (κ2) is 8.29. The van der Waals surface area contributed by atoms with Gasteiger partial charge in [0.15, 0.2) is 0 Å². The Hall–Kier alpha value is -0.870. The van der Waals surface area contributed by atoms with Gasteiger partial charge in [0.25, 0.3) is 10.2 Å². The van der Waals surface area contributed by atoms with E-state index in [1.807, 2.05) is 0 Å². The molecule has 0 saturated heterocycles. The number of hydrogen-bond acceptors (Lipinski definition) is 3. The maximum atomic E-state index is 13.3. The van der Waals surface area contributed by atoms with Crippen LogP contribution in [0.15, 0.2) is 24.3 Å². The van der Waals surface area contributed by atoms with E-state index in [0.29, 0.717) is 0 Å². The van der Waals surface area contributed by atoms with Crippen molar-refractivity contribution in [1.82, 2.24) is 9.03 Å². The Morgan fingerprint density at radius 3 is 2.30 bits per heavy atom. The first-order chi connectivity index (χ1) is 10.6. The van der Waals surface area contributed by atoms with E-state index >= 15 is 0 Å². The summed E-state index contributed by atoms with van der Waals surface area (Å²) < 4.78 is 71.5. The van der Waals surface area contributed by atoms with Crippen molar-refractivity contribution in [2.75, 3.05) is 26.8 Å². The first-order valence-electron chi connectivity index (χ1n) is 6.70. The van der Waals surface area contributed by atoms with E-state index in [9.17, 15) is 21.6 Å². The number of likely N-dealkylation sites (N-methyl/N-ethyl adjacent to an activating group) is 1. The molecule has 0 saturated carbocycles. The Morgan fingerprint density at radius 1 is 1.30 bits per heavy atom. The number of alkyl halides is 3. The van der Waals surface area contributed by atoms with Crippen LogP contribution in [0.4, 0.5) is 13.2 Å². The first-order valence-corrected chi connectivity index (χ1v) is 8.52. The summed E-state index contributed by atoms with van der Waals surface area (Å²) in [7, 11) is -2.96. The molecule has 0 heterocycles. The van der Waals surface area contributed by atoms with Crippen molar-refractivity contribution in [3.63, 3.8) is 0 Å². The lowest BCUT2D eigenvalue weighted by Gasteiger charge is -2.26. The highest BCUT2D eigenvalue weighted by Gasteiger charge is 2.44. The minimum Gasteiger partial charge on any atom is -0.383 e. The number of hydrogen-bond donors (Lipinski definition) is 1. The normalized spacial score (nSPS) is 14.2. The van der Waals surface area contributed by atoms with Crippen molar-refractivity contribution in [2.24, 2.45) is 0 Å². The Bertz CT molecular complexity index is 593. The summed E-state index contributed by atoms with van der Waals surface area (Å²) in [5.74, 6) is 0. The minimum absolute atomic E-state index is 0.0177. The van der Waals surface area contributed by atoms with Gasteiger partial charge in [-0.3, -0.25) is 0 Å². The summed E-state index contributed by atoms with van der Waals surface area (Å²) in [4.78, 5) is 0. The molecule has 1 rings (SSSR count). The Morgan fingerprint density at radius 2 is 1.87 bits per heavy atom. The summed E-state index contributed by atoms with van der Waals surface area (Å²) in [6.45, 7) is 1.57.